The van der Waals surface area contributed by atoms with E-state index in [4.69, 9.17) is 9.51 Å². The smallest absolute Gasteiger partial charge is 0.256 e. The first-order chi connectivity index (χ1) is 15.9. The molecule has 0 atom stereocenters. The van der Waals surface area contributed by atoms with Crippen molar-refractivity contribution in [3.05, 3.63) is 65.0 Å². The minimum absolute atomic E-state index is 0.105. The fourth-order valence-electron chi connectivity index (χ4n) is 3.67. The van der Waals surface area contributed by atoms with Crippen LogP contribution in [0, 0.1) is 13.8 Å². The molecule has 5 aromatic rings. The molecule has 4 heterocycles. The minimum atomic E-state index is -0.257. The summed E-state index contributed by atoms with van der Waals surface area (Å²) >= 11 is 1.64. The molecule has 33 heavy (non-hydrogen) atoms. The van der Waals surface area contributed by atoms with E-state index < -0.39 is 0 Å². The fraction of sp³-hybridized carbons (Fsp3) is 0.208. The first-order valence-corrected chi connectivity index (χ1v) is 11.4. The number of rotatable bonds is 5. The van der Waals surface area contributed by atoms with Crippen molar-refractivity contribution in [1.82, 2.24) is 24.9 Å². The number of nitrogens with zero attached hydrogens (tertiary/aromatic N) is 5. The Kier molecular flexibility index (Phi) is 5.26. The summed E-state index contributed by atoms with van der Waals surface area (Å²) in [7, 11) is 0. The molecule has 1 amide bonds. The maximum atomic E-state index is 13.5. The van der Waals surface area contributed by atoms with Gasteiger partial charge in [-0.3, -0.25) is 4.79 Å². The largest absolute Gasteiger partial charge is 0.339 e. The molecule has 1 N–H and O–H groups in total. The van der Waals surface area contributed by atoms with Crippen molar-refractivity contribution >= 4 is 34.0 Å². The molecule has 0 radical (unpaired) electrons. The number of fused-ring (bicyclic) bond motifs is 1. The number of anilines is 1. The minimum Gasteiger partial charge on any atom is -0.339 e. The lowest BCUT2D eigenvalue weighted by Gasteiger charge is -2.12. The van der Waals surface area contributed by atoms with Crippen molar-refractivity contribution in [2.24, 2.45) is 0 Å². The van der Waals surface area contributed by atoms with Crippen LogP contribution in [0.4, 0.5) is 5.69 Å². The van der Waals surface area contributed by atoms with Gasteiger partial charge in [-0.25, -0.2) is 9.67 Å². The van der Waals surface area contributed by atoms with E-state index in [0.29, 0.717) is 39.6 Å². The molecule has 5 rings (SSSR count). The van der Waals surface area contributed by atoms with Gasteiger partial charge in [-0.15, -0.1) is 11.3 Å². The number of thiophene rings is 1. The van der Waals surface area contributed by atoms with E-state index in [2.05, 4.69) is 33.5 Å². The van der Waals surface area contributed by atoms with Crippen LogP contribution < -0.4 is 5.32 Å². The van der Waals surface area contributed by atoms with E-state index in [1.165, 1.54) is 4.88 Å². The Balaban J connectivity index is 1.61. The summed E-state index contributed by atoms with van der Waals surface area (Å²) in [4.78, 5) is 24.9. The highest BCUT2D eigenvalue weighted by molar-refractivity contribution is 7.15. The average molecular weight is 459 g/mol. The standard InChI is InChI=1S/C24H22N6O2S/c1-13(2)30-23-18(12-25-30)17(11-20(27-23)21-10-9-14(3)33-21)24(31)28-19-8-6-5-7-16(19)22-26-15(4)32-29-22/h5-13H,1-4H3,(H,28,31). The molecular formula is C24H22N6O2S. The molecule has 4 aromatic heterocycles. The zero-order valence-corrected chi connectivity index (χ0v) is 19.5. The number of nitrogens with one attached hydrogen (secondary N) is 1. The van der Waals surface area contributed by atoms with Crippen molar-refractivity contribution in [2.75, 3.05) is 5.32 Å². The summed E-state index contributed by atoms with van der Waals surface area (Å²) in [5, 5.41) is 12.2. The lowest BCUT2D eigenvalue weighted by molar-refractivity contribution is 0.102. The van der Waals surface area contributed by atoms with Gasteiger partial charge >= 0.3 is 0 Å². The maximum Gasteiger partial charge on any atom is 0.256 e. The van der Waals surface area contributed by atoms with Crippen LogP contribution in [-0.2, 0) is 0 Å². The van der Waals surface area contributed by atoms with Gasteiger partial charge in [0.25, 0.3) is 5.91 Å². The van der Waals surface area contributed by atoms with E-state index >= 15 is 0 Å². The second-order valence-corrected chi connectivity index (χ2v) is 9.31. The summed E-state index contributed by atoms with van der Waals surface area (Å²) in [6, 6.07) is 13.4. The zero-order valence-electron chi connectivity index (χ0n) is 18.7. The number of hydrogen-bond acceptors (Lipinski definition) is 7. The van der Waals surface area contributed by atoms with Crippen LogP contribution in [0.3, 0.4) is 0 Å². The monoisotopic (exact) mass is 458 g/mol. The van der Waals surface area contributed by atoms with E-state index in [9.17, 15) is 4.79 Å². The van der Waals surface area contributed by atoms with Crippen LogP contribution in [0.2, 0.25) is 0 Å². The number of carbonyl (C=O) groups is 1. The van der Waals surface area contributed by atoms with Gasteiger partial charge in [0.05, 0.1) is 33.4 Å². The zero-order chi connectivity index (χ0) is 23.1. The van der Waals surface area contributed by atoms with E-state index in [-0.39, 0.29) is 11.9 Å². The number of aromatic nitrogens is 5. The number of carbonyl (C=O) groups excluding carboxylic acids is 1. The van der Waals surface area contributed by atoms with Crippen LogP contribution in [0.15, 0.2) is 53.2 Å². The highest BCUT2D eigenvalue weighted by atomic mass is 32.1. The third-order valence-electron chi connectivity index (χ3n) is 5.24. The molecule has 0 bridgehead atoms. The van der Waals surface area contributed by atoms with Crippen molar-refractivity contribution in [2.45, 2.75) is 33.7 Å². The molecule has 0 saturated carbocycles. The topological polar surface area (TPSA) is 98.7 Å². The van der Waals surface area contributed by atoms with Crippen molar-refractivity contribution in [3.8, 4) is 22.0 Å². The molecule has 166 valence electrons. The maximum absolute atomic E-state index is 13.5. The molecule has 0 fully saturated rings. The Bertz CT molecular complexity index is 1480. The molecule has 0 unspecified atom stereocenters. The molecule has 0 aliphatic rings. The summed E-state index contributed by atoms with van der Waals surface area (Å²) in [6.45, 7) is 7.86. The molecule has 9 heteroatoms. The van der Waals surface area contributed by atoms with Gasteiger partial charge in [0.1, 0.15) is 0 Å². The third-order valence-corrected chi connectivity index (χ3v) is 6.26. The predicted molar refractivity (Wildman–Crippen MR) is 128 cm³/mol. The fourth-order valence-corrected chi connectivity index (χ4v) is 4.50. The van der Waals surface area contributed by atoms with E-state index in [1.807, 2.05) is 54.9 Å². The van der Waals surface area contributed by atoms with Crippen molar-refractivity contribution in [1.29, 1.82) is 0 Å². The average Bonchev–Trinajstić information content (AvgIpc) is 3.52. The summed E-state index contributed by atoms with van der Waals surface area (Å²) in [5.41, 5.74) is 3.21. The summed E-state index contributed by atoms with van der Waals surface area (Å²) < 4.78 is 6.96. The van der Waals surface area contributed by atoms with Crippen LogP contribution in [0.1, 0.15) is 41.0 Å². The molecule has 0 aliphatic heterocycles. The Morgan fingerprint density at radius 2 is 1.94 bits per heavy atom. The molecule has 0 saturated heterocycles. The number of hydrogen-bond donors (Lipinski definition) is 1. The van der Waals surface area contributed by atoms with Crippen molar-refractivity contribution < 1.29 is 9.32 Å². The van der Waals surface area contributed by atoms with Gasteiger partial charge in [-0.2, -0.15) is 10.1 Å². The Morgan fingerprint density at radius 3 is 2.64 bits per heavy atom. The van der Waals surface area contributed by atoms with Gasteiger partial charge in [0, 0.05) is 23.4 Å². The quantitative estimate of drug-likeness (QED) is 0.365. The number of aryl methyl sites for hydroxylation is 2. The van der Waals surface area contributed by atoms with Gasteiger partial charge < -0.3 is 9.84 Å². The van der Waals surface area contributed by atoms with Crippen LogP contribution in [0.5, 0.6) is 0 Å². The lowest BCUT2D eigenvalue weighted by Crippen LogP contribution is -2.14. The van der Waals surface area contributed by atoms with Gasteiger partial charge in [-0.1, -0.05) is 17.3 Å². The number of para-hydroxylation sites is 1. The van der Waals surface area contributed by atoms with Gasteiger partial charge in [0.2, 0.25) is 11.7 Å². The molecule has 1 aromatic carbocycles. The predicted octanol–water partition coefficient (Wildman–Crippen LogP) is 5.66. The molecule has 0 aliphatic carbocycles. The van der Waals surface area contributed by atoms with E-state index in [1.54, 1.807) is 24.5 Å². The number of benzene rings is 1. The lowest BCUT2D eigenvalue weighted by atomic mass is 10.1. The normalized spacial score (nSPS) is 11.4. The highest BCUT2D eigenvalue weighted by Gasteiger charge is 2.21. The second-order valence-electron chi connectivity index (χ2n) is 8.02. The molecule has 8 nitrogen and oxygen atoms in total. The Morgan fingerprint density at radius 1 is 1.12 bits per heavy atom. The van der Waals surface area contributed by atoms with Crippen LogP contribution in [0.25, 0.3) is 33.0 Å². The van der Waals surface area contributed by atoms with Gasteiger partial charge in [0.15, 0.2) is 5.65 Å². The first kappa shape index (κ1) is 21.0. The van der Waals surface area contributed by atoms with Crippen molar-refractivity contribution in [3.63, 3.8) is 0 Å². The number of amides is 1. The van der Waals surface area contributed by atoms with Gasteiger partial charge in [-0.05, 0) is 51.1 Å². The molecule has 0 spiro atoms. The first-order valence-electron chi connectivity index (χ1n) is 10.6. The summed E-state index contributed by atoms with van der Waals surface area (Å²) in [6.07, 6.45) is 1.70. The second kappa shape index (κ2) is 8.25. The molecular weight excluding hydrogens is 436 g/mol. The Labute approximate surface area is 194 Å². The van der Waals surface area contributed by atoms with Crippen LogP contribution in [-0.4, -0.2) is 30.8 Å². The SMILES string of the molecule is Cc1nc(-c2ccccc2NC(=O)c2cc(-c3ccc(C)s3)nc3c2cnn3C(C)C)no1. The highest BCUT2D eigenvalue weighted by Crippen LogP contribution is 2.32. The third kappa shape index (κ3) is 3.91. The Hall–Kier alpha value is -3.85. The van der Waals surface area contributed by atoms with E-state index in [0.717, 1.165) is 10.6 Å². The van der Waals surface area contributed by atoms with Crippen LogP contribution >= 0.6 is 11.3 Å². The summed E-state index contributed by atoms with van der Waals surface area (Å²) in [5.74, 6) is 0.623. The number of pyridine rings is 1.